The Kier molecular flexibility index (Phi) is 7.95. The maximum atomic E-state index is 13.1. The predicted octanol–water partition coefficient (Wildman–Crippen LogP) is 3.60. The number of ketones is 1. The van der Waals surface area contributed by atoms with Crippen molar-refractivity contribution in [3.8, 4) is 0 Å². The number of carbonyl (C=O) groups is 2. The highest BCUT2D eigenvalue weighted by atomic mass is 35.5. The van der Waals surface area contributed by atoms with Crippen LogP contribution in [-0.4, -0.2) is 31.3 Å². The van der Waals surface area contributed by atoms with Gasteiger partial charge < -0.3 is 10.6 Å². The van der Waals surface area contributed by atoms with Gasteiger partial charge in [-0.1, -0.05) is 18.2 Å². The van der Waals surface area contributed by atoms with Crippen LogP contribution >= 0.6 is 12.4 Å². The maximum absolute atomic E-state index is 13.1. The van der Waals surface area contributed by atoms with E-state index in [0.29, 0.717) is 29.2 Å². The van der Waals surface area contributed by atoms with Crippen molar-refractivity contribution < 1.29 is 14.0 Å². The first-order valence-corrected chi connectivity index (χ1v) is 9.03. The zero-order valence-electron chi connectivity index (χ0n) is 15.0. The molecule has 1 heterocycles. The lowest BCUT2D eigenvalue weighted by Gasteiger charge is -2.22. The number of hydrogen-bond acceptors (Lipinski definition) is 3. The largest absolute Gasteiger partial charge is 0.352 e. The maximum Gasteiger partial charge on any atom is 0.252 e. The van der Waals surface area contributed by atoms with Gasteiger partial charge in [-0.15, -0.1) is 12.4 Å². The van der Waals surface area contributed by atoms with Crippen LogP contribution in [0.1, 0.15) is 45.5 Å². The normalized spacial score (nSPS) is 16.3. The van der Waals surface area contributed by atoms with Crippen LogP contribution < -0.4 is 10.6 Å². The zero-order chi connectivity index (χ0) is 18.4. The Morgan fingerprint density at radius 2 is 1.78 bits per heavy atom. The van der Waals surface area contributed by atoms with E-state index in [1.807, 2.05) is 0 Å². The number of rotatable bonds is 6. The molecule has 1 saturated heterocycles. The van der Waals surface area contributed by atoms with Gasteiger partial charge in [0.15, 0.2) is 5.78 Å². The molecule has 1 aliphatic rings. The second-order valence-corrected chi connectivity index (χ2v) is 6.64. The molecular formula is C21H24ClFN2O2. The molecule has 0 saturated carbocycles. The SMILES string of the molecule is Cl.O=C(NCCC1CCCNC1)c1ccccc1C(=O)c1ccc(F)cc1. The van der Waals surface area contributed by atoms with Gasteiger partial charge in [-0.2, -0.15) is 0 Å². The first-order valence-electron chi connectivity index (χ1n) is 9.03. The summed E-state index contributed by atoms with van der Waals surface area (Å²) in [6.07, 6.45) is 3.28. The van der Waals surface area contributed by atoms with Crippen LogP contribution in [0.4, 0.5) is 4.39 Å². The molecule has 0 spiro atoms. The van der Waals surface area contributed by atoms with Crippen molar-refractivity contribution in [3.63, 3.8) is 0 Å². The number of halogens is 2. The highest BCUT2D eigenvalue weighted by Crippen LogP contribution is 2.16. The Labute approximate surface area is 165 Å². The Morgan fingerprint density at radius 1 is 1.07 bits per heavy atom. The fourth-order valence-corrected chi connectivity index (χ4v) is 3.29. The zero-order valence-corrected chi connectivity index (χ0v) is 15.9. The molecule has 1 aliphatic heterocycles. The molecule has 2 aromatic rings. The third kappa shape index (κ3) is 5.62. The first-order chi connectivity index (χ1) is 12.6. The van der Waals surface area contributed by atoms with Crippen molar-refractivity contribution in [3.05, 3.63) is 71.0 Å². The number of amides is 1. The second-order valence-electron chi connectivity index (χ2n) is 6.64. The van der Waals surface area contributed by atoms with Gasteiger partial charge in [-0.05, 0) is 68.6 Å². The molecule has 1 fully saturated rings. The summed E-state index contributed by atoms with van der Waals surface area (Å²) in [4.78, 5) is 25.3. The molecule has 2 aromatic carbocycles. The average Bonchev–Trinajstić information content (AvgIpc) is 2.69. The number of hydrogen-bond donors (Lipinski definition) is 2. The molecule has 27 heavy (non-hydrogen) atoms. The molecule has 4 nitrogen and oxygen atoms in total. The number of benzene rings is 2. The van der Waals surface area contributed by atoms with E-state index in [9.17, 15) is 14.0 Å². The topological polar surface area (TPSA) is 58.2 Å². The van der Waals surface area contributed by atoms with Crippen LogP contribution in [0.15, 0.2) is 48.5 Å². The van der Waals surface area contributed by atoms with E-state index in [0.717, 1.165) is 19.5 Å². The quantitative estimate of drug-likeness (QED) is 0.741. The fraction of sp³-hybridized carbons (Fsp3) is 0.333. The van der Waals surface area contributed by atoms with Crippen LogP contribution in [0.5, 0.6) is 0 Å². The minimum atomic E-state index is -0.398. The van der Waals surface area contributed by atoms with E-state index in [1.54, 1.807) is 24.3 Å². The summed E-state index contributed by atoms with van der Waals surface area (Å²) >= 11 is 0. The molecule has 0 aromatic heterocycles. The van der Waals surface area contributed by atoms with Gasteiger partial charge in [0.05, 0.1) is 5.56 Å². The van der Waals surface area contributed by atoms with Crippen molar-refractivity contribution in [1.29, 1.82) is 0 Å². The van der Waals surface area contributed by atoms with Gasteiger partial charge in [0.25, 0.3) is 5.91 Å². The van der Waals surface area contributed by atoms with Gasteiger partial charge >= 0.3 is 0 Å². The number of piperidine rings is 1. The molecule has 0 bridgehead atoms. The van der Waals surface area contributed by atoms with Crippen LogP contribution in [0, 0.1) is 11.7 Å². The standard InChI is InChI=1S/C21H23FN2O2.ClH/c22-17-9-7-16(8-10-17)20(25)18-5-1-2-6-19(18)21(26)24-13-11-15-4-3-12-23-14-15;/h1-2,5-10,15,23H,3-4,11-14H2,(H,24,26);1H. The lowest BCUT2D eigenvalue weighted by atomic mass is 9.96. The molecule has 2 N–H and O–H groups in total. The van der Waals surface area contributed by atoms with E-state index >= 15 is 0 Å². The molecular weight excluding hydrogens is 367 g/mol. The molecule has 0 radical (unpaired) electrons. The van der Waals surface area contributed by atoms with Crippen molar-refractivity contribution >= 4 is 24.1 Å². The van der Waals surface area contributed by atoms with Gasteiger partial charge in [0.1, 0.15) is 5.82 Å². The summed E-state index contributed by atoms with van der Waals surface area (Å²) in [7, 11) is 0. The molecule has 1 atom stereocenters. The summed E-state index contributed by atoms with van der Waals surface area (Å²) in [5.41, 5.74) is 1.04. The molecule has 1 unspecified atom stereocenters. The van der Waals surface area contributed by atoms with Crippen LogP contribution in [0.3, 0.4) is 0 Å². The van der Waals surface area contributed by atoms with Gasteiger partial charge in [-0.3, -0.25) is 9.59 Å². The van der Waals surface area contributed by atoms with Gasteiger partial charge in [-0.25, -0.2) is 4.39 Å². The van der Waals surface area contributed by atoms with Crippen LogP contribution in [-0.2, 0) is 0 Å². The van der Waals surface area contributed by atoms with E-state index < -0.39 is 5.82 Å². The van der Waals surface area contributed by atoms with Gasteiger partial charge in [0.2, 0.25) is 0 Å². The molecule has 6 heteroatoms. The second kappa shape index (κ2) is 10.2. The number of carbonyl (C=O) groups excluding carboxylic acids is 2. The fourth-order valence-electron chi connectivity index (χ4n) is 3.29. The lowest BCUT2D eigenvalue weighted by molar-refractivity contribution is 0.0939. The van der Waals surface area contributed by atoms with E-state index in [-0.39, 0.29) is 24.1 Å². The van der Waals surface area contributed by atoms with Crippen LogP contribution in [0.2, 0.25) is 0 Å². The molecule has 3 rings (SSSR count). The Hall–Kier alpha value is -2.24. The minimum Gasteiger partial charge on any atom is -0.352 e. The summed E-state index contributed by atoms with van der Waals surface area (Å²) in [6, 6.07) is 12.1. The Morgan fingerprint density at radius 3 is 2.44 bits per heavy atom. The minimum absolute atomic E-state index is 0. The monoisotopic (exact) mass is 390 g/mol. The van der Waals surface area contributed by atoms with Crippen LogP contribution in [0.25, 0.3) is 0 Å². The van der Waals surface area contributed by atoms with E-state index in [1.165, 1.54) is 37.1 Å². The third-order valence-electron chi connectivity index (χ3n) is 4.76. The van der Waals surface area contributed by atoms with Gasteiger partial charge in [0, 0.05) is 17.7 Å². The summed E-state index contributed by atoms with van der Waals surface area (Å²) < 4.78 is 13.1. The summed E-state index contributed by atoms with van der Waals surface area (Å²) in [5, 5.41) is 6.29. The molecule has 1 amide bonds. The smallest absolute Gasteiger partial charge is 0.252 e. The molecule has 0 aliphatic carbocycles. The third-order valence-corrected chi connectivity index (χ3v) is 4.76. The lowest BCUT2D eigenvalue weighted by Crippen LogP contribution is -2.33. The van der Waals surface area contributed by atoms with Crippen molar-refractivity contribution in [2.75, 3.05) is 19.6 Å². The highest BCUT2D eigenvalue weighted by molar-refractivity contribution is 6.15. The molecule has 144 valence electrons. The highest BCUT2D eigenvalue weighted by Gasteiger charge is 2.18. The Bertz CT molecular complexity index is 774. The summed E-state index contributed by atoms with van der Waals surface area (Å²) in [5.74, 6) is -0.350. The number of nitrogens with one attached hydrogen (secondary N) is 2. The Balaban J connectivity index is 0.00000261. The van der Waals surface area contributed by atoms with Crippen molar-refractivity contribution in [1.82, 2.24) is 10.6 Å². The first kappa shape index (κ1) is 21.1. The van der Waals surface area contributed by atoms with Crippen molar-refractivity contribution in [2.24, 2.45) is 5.92 Å². The predicted molar refractivity (Wildman–Crippen MR) is 106 cm³/mol. The van der Waals surface area contributed by atoms with Crippen molar-refractivity contribution in [2.45, 2.75) is 19.3 Å². The van der Waals surface area contributed by atoms with E-state index in [2.05, 4.69) is 10.6 Å². The average molecular weight is 391 g/mol. The summed E-state index contributed by atoms with van der Waals surface area (Å²) in [6.45, 7) is 2.65. The van der Waals surface area contributed by atoms with E-state index in [4.69, 9.17) is 0 Å².